The van der Waals surface area contributed by atoms with Crippen LogP contribution in [0.1, 0.15) is 57.0 Å². The van der Waals surface area contributed by atoms with Crippen molar-refractivity contribution in [2.75, 3.05) is 12.8 Å². The normalized spacial score (nSPS) is 35.1. The monoisotopic (exact) mass is 562 g/mol. The number of aryl methyl sites for hydroxylation is 1. The van der Waals surface area contributed by atoms with Crippen LogP contribution in [0.25, 0.3) is 0 Å². The molecule has 4 rings (SSSR count). The van der Waals surface area contributed by atoms with E-state index in [1.165, 1.54) is 31.0 Å². The third-order valence-electron chi connectivity index (χ3n) is 7.96. The van der Waals surface area contributed by atoms with Gasteiger partial charge in [0.15, 0.2) is 5.76 Å². The fourth-order valence-corrected chi connectivity index (χ4v) is 6.44. The van der Waals surface area contributed by atoms with Crippen molar-refractivity contribution in [1.82, 2.24) is 10.2 Å². The Balaban J connectivity index is 1.52. The maximum Gasteiger partial charge on any atom is 0.519 e. The first-order chi connectivity index (χ1) is 17.6. The Kier molecular flexibility index (Phi) is 9.69. The van der Waals surface area contributed by atoms with E-state index in [9.17, 15) is 24.9 Å². The van der Waals surface area contributed by atoms with Gasteiger partial charge in [0.2, 0.25) is 5.91 Å². The highest BCUT2D eigenvalue weighted by atomic mass is 35.5. The van der Waals surface area contributed by atoms with Crippen molar-refractivity contribution in [3.63, 3.8) is 0 Å². The molecule has 0 aromatic carbocycles. The van der Waals surface area contributed by atoms with Crippen LogP contribution in [0, 0.1) is 18.8 Å². The number of rotatable bonds is 9. The number of alkyl halides is 1. The summed E-state index contributed by atoms with van der Waals surface area (Å²) in [5.74, 6) is 1.07. The molecule has 3 heterocycles. The number of likely N-dealkylation sites (tertiary alicyclic amines) is 1. The van der Waals surface area contributed by atoms with Gasteiger partial charge in [-0.15, -0.1) is 23.4 Å². The van der Waals surface area contributed by atoms with E-state index in [0.29, 0.717) is 30.4 Å². The maximum absolute atomic E-state index is 13.8. The molecule has 12 heteroatoms. The molecule has 1 amide bonds. The average molecular weight is 563 g/mol. The van der Waals surface area contributed by atoms with Crippen LogP contribution in [0.4, 0.5) is 0 Å². The highest BCUT2D eigenvalue weighted by Crippen LogP contribution is 2.39. The van der Waals surface area contributed by atoms with Gasteiger partial charge in [0.1, 0.15) is 35.6 Å². The predicted molar refractivity (Wildman–Crippen MR) is 138 cm³/mol. The minimum Gasteiger partial charge on any atom is -0.396 e. The second kappa shape index (κ2) is 12.4. The SMILES string of the molecule is CS[C@H]1O[C@H]([C@H](NC(=O)[C@@H]2CCC(CC3CC3)CCN2Cc2oc(=O)oc2C)[C@H](C)Cl)[C@H](O)[C@H](O)[C@H]1O. The molecule has 3 fully saturated rings. The zero-order valence-electron chi connectivity index (χ0n) is 21.5. The summed E-state index contributed by atoms with van der Waals surface area (Å²) in [6.07, 6.45) is 2.78. The summed E-state index contributed by atoms with van der Waals surface area (Å²) in [5.41, 5.74) is -0.775. The van der Waals surface area contributed by atoms with E-state index in [4.69, 9.17) is 25.2 Å². The van der Waals surface area contributed by atoms with Crippen molar-refractivity contribution in [2.45, 2.75) is 106 Å². The number of hydrogen-bond acceptors (Lipinski definition) is 10. The third-order valence-corrected chi connectivity index (χ3v) is 9.08. The lowest BCUT2D eigenvalue weighted by molar-refractivity contribution is -0.205. The quantitative estimate of drug-likeness (QED) is 0.327. The average Bonchev–Trinajstić information content (AvgIpc) is 3.64. The van der Waals surface area contributed by atoms with E-state index in [1.807, 2.05) is 4.90 Å². The van der Waals surface area contributed by atoms with E-state index in [0.717, 1.165) is 18.8 Å². The lowest BCUT2D eigenvalue weighted by atomic mass is 9.92. The Morgan fingerprint density at radius 3 is 2.38 bits per heavy atom. The zero-order valence-corrected chi connectivity index (χ0v) is 23.1. The molecule has 0 spiro atoms. The first-order valence-corrected chi connectivity index (χ1v) is 14.8. The fraction of sp³-hybridized carbons (Fsp3) is 0.840. The van der Waals surface area contributed by atoms with Crippen LogP contribution in [-0.4, -0.2) is 86.2 Å². The van der Waals surface area contributed by atoms with Crippen molar-refractivity contribution < 1.29 is 33.7 Å². The summed E-state index contributed by atoms with van der Waals surface area (Å²) in [7, 11) is 0. The molecule has 2 saturated heterocycles. The molecule has 2 aliphatic heterocycles. The van der Waals surface area contributed by atoms with Crippen LogP contribution in [0.2, 0.25) is 0 Å². The van der Waals surface area contributed by atoms with Gasteiger partial charge in [0.25, 0.3) is 0 Å². The summed E-state index contributed by atoms with van der Waals surface area (Å²) in [6.45, 7) is 4.27. The Bertz CT molecular complexity index is 967. The lowest BCUT2D eigenvalue weighted by Crippen LogP contribution is -2.65. The summed E-state index contributed by atoms with van der Waals surface area (Å²) in [6, 6.07) is -1.34. The standard InChI is InChI=1S/C25H39ClN2O8S/c1-12(26)18(22-20(30)19(29)21(31)24(36-22)37-3)27-23(32)16-7-6-15(10-14-4-5-14)8-9-28(16)11-17-13(2)34-25(33)35-17/h12,14-16,18-22,24,29-31H,4-11H2,1-3H3,(H,27,32)/t12-,15?,16-,18+,19-,20+,21+,22+,24+/m0/s1. The molecule has 4 N–H and O–H groups in total. The van der Waals surface area contributed by atoms with E-state index in [-0.39, 0.29) is 12.5 Å². The van der Waals surface area contributed by atoms with Crippen LogP contribution in [0.5, 0.6) is 0 Å². The smallest absolute Gasteiger partial charge is 0.396 e. The molecule has 1 aliphatic carbocycles. The molecule has 1 saturated carbocycles. The Labute approximate surface area is 226 Å². The molecule has 0 bridgehead atoms. The number of aliphatic hydroxyl groups excluding tert-OH is 3. The number of ether oxygens (including phenoxy) is 1. The van der Waals surface area contributed by atoms with Crippen LogP contribution in [0.3, 0.4) is 0 Å². The van der Waals surface area contributed by atoms with Crippen LogP contribution < -0.4 is 11.1 Å². The molecule has 9 atom stereocenters. The highest BCUT2D eigenvalue weighted by Gasteiger charge is 2.48. The van der Waals surface area contributed by atoms with Gasteiger partial charge in [-0.05, 0) is 64.2 Å². The van der Waals surface area contributed by atoms with Crippen molar-refractivity contribution in [2.24, 2.45) is 11.8 Å². The molecular weight excluding hydrogens is 524 g/mol. The first kappa shape index (κ1) is 28.9. The third kappa shape index (κ3) is 6.93. The Morgan fingerprint density at radius 2 is 1.78 bits per heavy atom. The Morgan fingerprint density at radius 1 is 1.11 bits per heavy atom. The minimum atomic E-state index is -1.43. The lowest BCUT2D eigenvalue weighted by Gasteiger charge is -2.44. The van der Waals surface area contributed by atoms with E-state index < -0.39 is 53.1 Å². The van der Waals surface area contributed by atoms with Crippen molar-refractivity contribution in [1.29, 1.82) is 0 Å². The van der Waals surface area contributed by atoms with Crippen molar-refractivity contribution in [3.05, 3.63) is 22.1 Å². The molecule has 1 aromatic heterocycles. The fourth-order valence-electron chi connectivity index (χ4n) is 5.56. The van der Waals surface area contributed by atoms with E-state index >= 15 is 0 Å². The number of amides is 1. The molecule has 1 unspecified atom stereocenters. The van der Waals surface area contributed by atoms with Gasteiger partial charge in [0, 0.05) is 0 Å². The van der Waals surface area contributed by atoms with Gasteiger partial charge in [-0.3, -0.25) is 9.69 Å². The number of carbonyl (C=O) groups excluding carboxylic acids is 1. The minimum absolute atomic E-state index is 0.259. The van der Waals surface area contributed by atoms with Crippen molar-refractivity contribution in [3.8, 4) is 0 Å². The molecule has 210 valence electrons. The second-order valence-electron chi connectivity index (χ2n) is 10.7. The van der Waals surface area contributed by atoms with Gasteiger partial charge in [-0.25, -0.2) is 4.79 Å². The summed E-state index contributed by atoms with van der Waals surface area (Å²) in [5, 5.41) is 33.7. The summed E-state index contributed by atoms with van der Waals surface area (Å²) < 4.78 is 16.2. The number of hydrogen-bond donors (Lipinski definition) is 4. The van der Waals surface area contributed by atoms with Gasteiger partial charge < -0.3 is 34.2 Å². The van der Waals surface area contributed by atoms with Crippen molar-refractivity contribution >= 4 is 29.3 Å². The number of halogens is 1. The van der Waals surface area contributed by atoms with Gasteiger partial charge in [0.05, 0.1) is 24.0 Å². The molecule has 1 aromatic rings. The second-order valence-corrected chi connectivity index (χ2v) is 12.3. The number of aliphatic hydroxyl groups is 3. The molecule has 3 aliphatic rings. The number of nitrogens with zero attached hydrogens (tertiary/aromatic N) is 1. The molecular formula is C25H39ClN2O8S. The van der Waals surface area contributed by atoms with Crippen LogP contribution in [-0.2, 0) is 16.1 Å². The Hall–Kier alpha value is -1.08. The zero-order chi connectivity index (χ0) is 26.9. The summed E-state index contributed by atoms with van der Waals surface area (Å²) >= 11 is 7.68. The predicted octanol–water partition coefficient (Wildman–Crippen LogP) is 1.59. The van der Waals surface area contributed by atoms with Crippen LogP contribution >= 0.6 is 23.4 Å². The van der Waals surface area contributed by atoms with E-state index in [2.05, 4.69) is 5.32 Å². The van der Waals surface area contributed by atoms with E-state index in [1.54, 1.807) is 20.1 Å². The number of nitrogens with one attached hydrogen (secondary N) is 1. The number of thioether (sulfide) groups is 1. The van der Waals surface area contributed by atoms with Gasteiger partial charge >= 0.3 is 5.82 Å². The molecule has 37 heavy (non-hydrogen) atoms. The number of carbonyl (C=O) groups is 1. The largest absolute Gasteiger partial charge is 0.519 e. The molecule has 0 radical (unpaired) electrons. The topological polar surface area (TPSA) is 146 Å². The van der Waals surface area contributed by atoms with Gasteiger partial charge in [-0.2, -0.15) is 0 Å². The summed E-state index contributed by atoms with van der Waals surface area (Å²) in [4.78, 5) is 27.4. The first-order valence-electron chi connectivity index (χ1n) is 13.1. The molecule has 10 nitrogen and oxygen atoms in total. The van der Waals surface area contributed by atoms with Gasteiger partial charge in [-0.1, -0.05) is 12.8 Å². The highest BCUT2D eigenvalue weighted by molar-refractivity contribution is 7.99. The van der Waals surface area contributed by atoms with Crippen LogP contribution in [0.15, 0.2) is 13.6 Å². The maximum atomic E-state index is 13.8.